The molecule has 4 aromatic rings. The first-order valence-corrected chi connectivity index (χ1v) is 13.0. The lowest BCUT2D eigenvalue weighted by atomic mass is 9.96. The number of halogens is 3. The lowest BCUT2D eigenvalue weighted by Crippen LogP contribution is -2.39. The smallest absolute Gasteiger partial charge is 0.416 e. The van der Waals surface area contributed by atoms with Crippen molar-refractivity contribution in [2.45, 2.75) is 25.7 Å². The summed E-state index contributed by atoms with van der Waals surface area (Å²) in [6, 6.07) is 14.0. The van der Waals surface area contributed by atoms with Crippen LogP contribution < -0.4 is 24.4 Å². The number of hydrogen-bond donors (Lipinski definition) is 0. The van der Waals surface area contributed by atoms with E-state index in [2.05, 4.69) is 4.99 Å². The van der Waals surface area contributed by atoms with Crippen LogP contribution in [0.2, 0.25) is 0 Å². The molecular weight excluding hydrogens is 561 g/mol. The fourth-order valence-corrected chi connectivity index (χ4v) is 5.42. The van der Waals surface area contributed by atoms with Gasteiger partial charge in [-0.1, -0.05) is 29.5 Å². The predicted molar refractivity (Wildman–Crippen MR) is 143 cm³/mol. The number of rotatable bonds is 7. The lowest BCUT2D eigenvalue weighted by Gasteiger charge is -2.24. The summed E-state index contributed by atoms with van der Waals surface area (Å²) in [6.45, 7) is 1.57. The van der Waals surface area contributed by atoms with Gasteiger partial charge in [0, 0.05) is 6.08 Å². The van der Waals surface area contributed by atoms with Crippen LogP contribution in [0.15, 0.2) is 86.1 Å². The quantitative estimate of drug-likeness (QED) is 0.295. The number of carbonyl (C=O) groups is 1. The van der Waals surface area contributed by atoms with Crippen molar-refractivity contribution in [2.75, 3.05) is 14.2 Å². The van der Waals surface area contributed by atoms with Gasteiger partial charge in [0.25, 0.3) is 5.56 Å². The van der Waals surface area contributed by atoms with Crippen LogP contribution in [0.1, 0.15) is 35.6 Å². The highest BCUT2D eigenvalue weighted by Crippen LogP contribution is 2.32. The van der Waals surface area contributed by atoms with Crippen LogP contribution in [0, 0.1) is 0 Å². The Labute approximate surface area is 235 Å². The van der Waals surface area contributed by atoms with E-state index in [0.717, 1.165) is 23.5 Å². The number of methoxy groups -OCH3 is 2. The van der Waals surface area contributed by atoms with Gasteiger partial charge in [0.2, 0.25) is 0 Å². The molecule has 212 valence electrons. The van der Waals surface area contributed by atoms with E-state index in [1.165, 1.54) is 23.8 Å². The first-order valence-electron chi connectivity index (χ1n) is 12.2. The molecule has 1 aliphatic rings. The molecule has 0 fully saturated rings. The minimum absolute atomic E-state index is 0.0430. The van der Waals surface area contributed by atoms with Gasteiger partial charge < -0.3 is 18.6 Å². The number of allylic oxidation sites excluding steroid dienone is 1. The zero-order valence-corrected chi connectivity index (χ0v) is 22.8. The number of aromatic nitrogens is 1. The molecule has 2 aromatic carbocycles. The van der Waals surface area contributed by atoms with Crippen LogP contribution in [0.5, 0.6) is 11.5 Å². The summed E-state index contributed by atoms with van der Waals surface area (Å²) in [5.41, 5.74) is 0.131. The summed E-state index contributed by atoms with van der Waals surface area (Å²) in [5.74, 6) is 0.746. The van der Waals surface area contributed by atoms with Crippen LogP contribution >= 0.6 is 11.3 Å². The van der Waals surface area contributed by atoms with Crippen molar-refractivity contribution in [3.05, 3.63) is 114 Å². The number of thiazole rings is 1. The largest absolute Gasteiger partial charge is 0.497 e. The average molecular weight is 585 g/mol. The minimum atomic E-state index is -4.48. The van der Waals surface area contributed by atoms with Crippen molar-refractivity contribution in [1.29, 1.82) is 0 Å². The van der Waals surface area contributed by atoms with Gasteiger partial charge in [-0.25, -0.2) is 9.79 Å². The summed E-state index contributed by atoms with van der Waals surface area (Å²) >= 11 is 1.13. The molecule has 0 bridgehead atoms. The number of benzene rings is 2. The highest BCUT2D eigenvalue weighted by atomic mass is 32.1. The molecule has 0 amide bonds. The molecule has 5 rings (SSSR count). The molecule has 1 atom stereocenters. The Kier molecular flexibility index (Phi) is 7.59. The van der Waals surface area contributed by atoms with E-state index in [-0.39, 0.29) is 23.5 Å². The number of nitrogens with zero attached hydrogens (tertiary/aromatic N) is 2. The molecule has 3 heterocycles. The van der Waals surface area contributed by atoms with E-state index in [1.807, 2.05) is 0 Å². The van der Waals surface area contributed by atoms with Crippen LogP contribution in [-0.2, 0) is 22.3 Å². The molecule has 0 radical (unpaired) electrons. The fraction of sp³-hybridized carbons (Fsp3) is 0.207. The second-order valence-electron chi connectivity index (χ2n) is 8.96. The average Bonchev–Trinajstić information content (AvgIpc) is 3.54. The molecule has 8 nitrogen and oxygen atoms in total. The van der Waals surface area contributed by atoms with Crippen LogP contribution in [0.4, 0.5) is 13.2 Å². The van der Waals surface area contributed by atoms with Crippen molar-refractivity contribution in [2.24, 2.45) is 4.99 Å². The van der Waals surface area contributed by atoms with Gasteiger partial charge in [-0.2, -0.15) is 13.2 Å². The Bertz CT molecular complexity index is 1820. The number of esters is 1. The van der Waals surface area contributed by atoms with E-state index in [9.17, 15) is 22.8 Å². The van der Waals surface area contributed by atoms with Crippen LogP contribution in [-0.4, -0.2) is 24.8 Å². The van der Waals surface area contributed by atoms with Gasteiger partial charge in [0.05, 0.1) is 41.6 Å². The Hall–Kier alpha value is -4.58. The van der Waals surface area contributed by atoms with Crippen molar-refractivity contribution in [1.82, 2.24) is 4.57 Å². The first-order chi connectivity index (χ1) is 19.6. The molecule has 0 saturated carbocycles. The topological polar surface area (TPSA) is 92.3 Å². The SMILES string of the molecule is COC(=O)C1=C(C)N=c2s/c(=C/c3ccc(COc4cccc(C(F)(F)F)c4)o3)c(=O)n2[C@H]1c1ccc(OC)cc1. The Morgan fingerprint density at radius 3 is 2.54 bits per heavy atom. The van der Waals surface area contributed by atoms with Gasteiger partial charge in [0.15, 0.2) is 4.80 Å². The van der Waals surface area contributed by atoms with E-state index < -0.39 is 23.8 Å². The fourth-order valence-electron chi connectivity index (χ4n) is 4.39. The molecule has 0 spiro atoms. The van der Waals surface area contributed by atoms with Crippen LogP contribution in [0.3, 0.4) is 0 Å². The molecule has 41 heavy (non-hydrogen) atoms. The Balaban J connectivity index is 1.47. The molecule has 1 aliphatic heterocycles. The van der Waals surface area contributed by atoms with Crippen molar-refractivity contribution in [3.63, 3.8) is 0 Å². The zero-order valence-electron chi connectivity index (χ0n) is 22.0. The normalized spacial score (nSPS) is 15.4. The standard InChI is InChI=1S/C29H23F3N2O6S/c1-16-24(27(36)38-3)25(17-7-9-19(37-2)10-8-17)34-26(35)23(41-28(34)33-16)14-21-11-12-22(40-21)15-39-20-6-4-5-18(13-20)29(30,31)32/h4-14,25H,15H2,1-3H3/b23-14+/t25-/m0/s1. The maximum absolute atomic E-state index is 13.6. The number of ether oxygens (including phenoxy) is 3. The van der Waals surface area contributed by atoms with Gasteiger partial charge in [-0.15, -0.1) is 0 Å². The van der Waals surface area contributed by atoms with Gasteiger partial charge in [0.1, 0.15) is 29.6 Å². The molecule has 0 aliphatic carbocycles. The molecule has 0 saturated heterocycles. The van der Waals surface area contributed by atoms with E-state index >= 15 is 0 Å². The summed E-state index contributed by atoms with van der Waals surface area (Å²) in [6.07, 6.45) is -2.94. The molecule has 0 unspecified atom stereocenters. The van der Waals surface area contributed by atoms with Crippen molar-refractivity contribution < 1.29 is 36.6 Å². The molecular formula is C29H23F3N2O6S. The number of furan rings is 1. The third kappa shape index (κ3) is 5.68. The number of fused-ring (bicyclic) bond motifs is 1. The monoisotopic (exact) mass is 584 g/mol. The maximum Gasteiger partial charge on any atom is 0.416 e. The van der Waals surface area contributed by atoms with Crippen LogP contribution in [0.25, 0.3) is 6.08 Å². The molecule has 2 aromatic heterocycles. The zero-order chi connectivity index (χ0) is 29.3. The summed E-state index contributed by atoms with van der Waals surface area (Å²) in [5, 5.41) is 0. The van der Waals surface area contributed by atoms with Gasteiger partial charge >= 0.3 is 12.1 Å². The third-order valence-corrected chi connectivity index (χ3v) is 7.34. The van der Waals surface area contributed by atoms with E-state index in [1.54, 1.807) is 56.5 Å². The summed E-state index contributed by atoms with van der Waals surface area (Å²) < 4.78 is 62.1. The summed E-state index contributed by atoms with van der Waals surface area (Å²) in [4.78, 5) is 31.3. The predicted octanol–water partition coefficient (Wildman–Crippen LogP) is 4.61. The Morgan fingerprint density at radius 1 is 1.10 bits per heavy atom. The van der Waals surface area contributed by atoms with Crippen molar-refractivity contribution in [3.8, 4) is 11.5 Å². The second kappa shape index (κ2) is 11.1. The number of alkyl halides is 3. The molecule has 0 N–H and O–H groups in total. The van der Waals surface area contributed by atoms with Crippen molar-refractivity contribution >= 4 is 23.4 Å². The maximum atomic E-state index is 13.6. The minimum Gasteiger partial charge on any atom is -0.497 e. The number of hydrogen-bond acceptors (Lipinski definition) is 8. The van der Waals surface area contributed by atoms with Gasteiger partial charge in [-0.3, -0.25) is 9.36 Å². The van der Waals surface area contributed by atoms with E-state index in [4.69, 9.17) is 18.6 Å². The van der Waals surface area contributed by atoms with E-state index in [0.29, 0.717) is 37.9 Å². The highest BCUT2D eigenvalue weighted by Gasteiger charge is 2.33. The van der Waals surface area contributed by atoms with Gasteiger partial charge in [-0.05, 0) is 55.0 Å². The lowest BCUT2D eigenvalue weighted by molar-refractivity contribution is -0.138. The third-order valence-electron chi connectivity index (χ3n) is 6.36. The number of carbonyl (C=O) groups excluding carboxylic acids is 1. The second-order valence-corrected chi connectivity index (χ2v) is 9.97. The molecule has 12 heteroatoms. The highest BCUT2D eigenvalue weighted by molar-refractivity contribution is 7.07. The Morgan fingerprint density at radius 2 is 1.85 bits per heavy atom. The summed E-state index contributed by atoms with van der Waals surface area (Å²) in [7, 11) is 2.81. The first kappa shape index (κ1) is 28.0.